The Morgan fingerprint density at radius 3 is 1.43 bits per heavy atom. The summed E-state index contributed by atoms with van der Waals surface area (Å²) in [6.45, 7) is 0.463. The van der Waals surface area contributed by atoms with Crippen LogP contribution in [0.15, 0.2) is 57.5 Å². The van der Waals surface area contributed by atoms with Crippen LogP contribution in [0.2, 0.25) is 0 Å². The summed E-state index contributed by atoms with van der Waals surface area (Å²) in [5.41, 5.74) is 1.86. The number of hydroxylamine groups is 4. The summed E-state index contributed by atoms with van der Waals surface area (Å²) in [7, 11) is 0. The van der Waals surface area contributed by atoms with Crippen molar-refractivity contribution in [2.24, 2.45) is 0 Å². The molecule has 2 atom stereocenters. The predicted octanol–water partition coefficient (Wildman–Crippen LogP) is 4.76. The Bertz CT molecular complexity index is 829. The molecule has 1 aliphatic carbocycles. The number of carbonyl (C=O) groups excluding carboxylic acids is 2. The molecule has 0 N–H and O–H groups in total. The topological polar surface area (TPSA) is 59.1 Å². The smallest absolute Gasteiger partial charge is 0.265 e. The van der Waals surface area contributed by atoms with E-state index >= 15 is 0 Å². The lowest BCUT2D eigenvalue weighted by Crippen LogP contribution is -2.65. The van der Waals surface area contributed by atoms with Crippen LogP contribution in [-0.2, 0) is 32.5 Å². The highest BCUT2D eigenvalue weighted by molar-refractivity contribution is 9.10. The largest absolute Gasteiger partial charge is 0.338 e. The van der Waals surface area contributed by atoms with Gasteiger partial charge in [0.15, 0.2) is 0 Å². The van der Waals surface area contributed by atoms with Crippen LogP contribution in [0.25, 0.3) is 0 Å². The van der Waals surface area contributed by atoms with Gasteiger partial charge < -0.3 is 0 Å². The van der Waals surface area contributed by atoms with Crippen molar-refractivity contribution in [3.63, 3.8) is 0 Å². The maximum absolute atomic E-state index is 12.8. The van der Waals surface area contributed by atoms with Gasteiger partial charge in [0, 0.05) is 8.95 Å². The van der Waals surface area contributed by atoms with Gasteiger partial charge in [-0.3, -0.25) is 19.3 Å². The summed E-state index contributed by atoms with van der Waals surface area (Å²) in [6.07, 6.45) is 3.53. The first-order valence-corrected chi connectivity index (χ1v) is 11.5. The second-order valence-corrected chi connectivity index (χ2v) is 9.31. The molecule has 4 rings (SSSR count). The minimum atomic E-state index is -0.675. The van der Waals surface area contributed by atoms with Crippen LogP contribution in [0.1, 0.15) is 36.8 Å². The molecule has 1 aliphatic heterocycles. The molecule has 0 bridgehead atoms. The Kier molecular flexibility index (Phi) is 6.87. The lowest BCUT2D eigenvalue weighted by Gasteiger charge is -2.46. The van der Waals surface area contributed by atoms with Crippen molar-refractivity contribution in [3.05, 3.63) is 68.6 Å². The van der Waals surface area contributed by atoms with Crippen molar-refractivity contribution in [1.82, 2.24) is 10.1 Å². The highest BCUT2D eigenvalue weighted by Crippen LogP contribution is 2.32. The molecule has 2 aliphatic rings. The van der Waals surface area contributed by atoms with Gasteiger partial charge in [0.25, 0.3) is 0 Å². The zero-order valence-electron chi connectivity index (χ0n) is 16.3. The van der Waals surface area contributed by atoms with Crippen molar-refractivity contribution >= 4 is 43.7 Å². The Morgan fingerprint density at radius 2 is 1.07 bits per heavy atom. The van der Waals surface area contributed by atoms with Crippen LogP contribution in [0.3, 0.4) is 0 Å². The van der Waals surface area contributed by atoms with Crippen molar-refractivity contribution in [1.29, 1.82) is 0 Å². The number of nitrogens with zero attached hydrogens (tertiary/aromatic N) is 2. The molecule has 0 spiro atoms. The molecule has 158 valence electrons. The number of carbonyl (C=O) groups is 2. The Labute approximate surface area is 192 Å². The standard InChI is InChI=1S/C22H22Br2N2O4/c23-17-9-5-15(6-10-17)13-29-25-19-3-1-2-4-20(19)26(22(28)21(25)27)30-14-16-7-11-18(24)12-8-16/h5-12,19-20H,1-4,13-14H2. The fourth-order valence-electron chi connectivity index (χ4n) is 3.89. The zero-order chi connectivity index (χ0) is 21.1. The summed E-state index contributed by atoms with van der Waals surface area (Å²) in [6, 6.07) is 15.0. The molecular weight excluding hydrogens is 516 g/mol. The zero-order valence-corrected chi connectivity index (χ0v) is 19.5. The summed E-state index contributed by atoms with van der Waals surface area (Å²) in [5.74, 6) is -1.35. The summed E-state index contributed by atoms with van der Waals surface area (Å²) in [5, 5.41) is 2.57. The molecule has 30 heavy (non-hydrogen) atoms. The lowest BCUT2D eigenvalue weighted by atomic mass is 9.88. The quantitative estimate of drug-likeness (QED) is 0.499. The SMILES string of the molecule is O=C1C(=O)N(OCc2ccc(Br)cc2)C2CCCCC2N1OCc1ccc(Br)cc1. The molecule has 2 aromatic rings. The van der Waals surface area contributed by atoms with Crippen molar-refractivity contribution in [3.8, 4) is 0 Å². The van der Waals surface area contributed by atoms with Crippen LogP contribution in [0.4, 0.5) is 0 Å². The summed E-state index contributed by atoms with van der Waals surface area (Å²) in [4.78, 5) is 37.4. The normalized spacial score (nSPS) is 21.7. The summed E-state index contributed by atoms with van der Waals surface area (Å²) >= 11 is 6.81. The number of hydrogen-bond acceptors (Lipinski definition) is 4. The van der Waals surface area contributed by atoms with Crippen LogP contribution in [0, 0.1) is 0 Å². The molecule has 0 aromatic heterocycles. The van der Waals surface area contributed by atoms with Crippen LogP contribution < -0.4 is 0 Å². The first kappa shape index (κ1) is 21.5. The molecule has 6 nitrogen and oxygen atoms in total. The van der Waals surface area contributed by atoms with Crippen LogP contribution in [0.5, 0.6) is 0 Å². The number of piperazine rings is 1. The summed E-state index contributed by atoms with van der Waals surface area (Å²) < 4.78 is 1.95. The number of rotatable bonds is 6. The van der Waals surface area contributed by atoms with E-state index in [0.717, 1.165) is 45.8 Å². The maximum Gasteiger partial charge on any atom is 0.338 e. The average molecular weight is 538 g/mol. The third-order valence-electron chi connectivity index (χ3n) is 5.45. The fraction of sp³-hybridized carbons (Fsp3) is 0.364. The van der Waals surface area contributed by atoms with Gasteiger partial charge in [-0.1, -0.05) is 69.0 Å². The van der Waals surface area contributed by atoms with E-state index in [1.165, 1.54) is 10.1 Å². The fourth-order valence-corrected chi connectivity index (χ4v) is 4.42. The molecule has 0 radical (unpaired) electrons. The monoisotopic (exact) mass is 536 g/mol. The second kappa shape index (κ2) is 9.60. The van der Waals surface area contributed by atoms with Gasteiger partial charge >= 0.3 is 11.8 Å². The van der Waals surface area contributed by atoms with Gasteiger partial charge in [-0.15, -0.1) is 0 Å². The van der Waals surface area contributed by atoms with E-state index in [4.69, 9.17) is 9.68 Å². The maximum atomic E-state index is 12.8. The van der Waals surface area contributed by atoms with E-state index in [1.807, 2.05) is 48.5 Å². The highest BCUT2D eigenvalue weighted by atomic mass is 79.9. The number of halogens is 2. The number of amides is 2. The second-order valence-electron chi connectivity index (χ2n) is 7.48. The average Bonchev–Trinajstić information content (AvgIpc) is 2.76. The van der Waals surface area contributed by atoms with E-state index < -0.39 is 11.8 Å². The molecule has 2 amide bonds. The van der Waals surface area contributed by atoms with Gasteiger partial charge in [-0.05, 0) is 48.2 Å². The van der Waals surface area contributed by atoms with Crippen molar-refractivity contribution in [2.45, 2.75) is 51.0 Å². The molecular formula is C22H22Br2N2O4. The van der Waals surface area contributed by atoms with Gasteiger partial charge in [0.05, 0.1) is 12.1 Å². The number of benzene rings is 2. The Hall–Kier alpha value is -1.74. The Morgan fingerprint density at radius 1 is 0.700 bits per heavy atom. The van der Waals surface area contributed by atoms with Gasteiger partial charge in [-0.2, -0.15) is 0 Å². The third-order valence-corrected chi connectivity index (χ3v) is 6.50. The van der Waals surface area contributed by atoms with E-state index in [9.17, 15) is 9.59 Å². The molecule has 1 saturated carbocycles. The molecule has 8 heteroatoms. The van der Waals surface area contributed by atoms with E-state index in [1.54, 1.807) is 0 Å². The van der Waals surface area contributed by atoms with Crippen molar-refractivity contribution in [2.75, 3.05) is 0 Å². The van der Waals surface area contributed by atoms with Gasteiger partial charge in [-0.25, -0.2) is 10.1 Å². The van der Waals surface area contributed by atoms with Crippen molar-refractivity contribution < 1.29 is 19.3 Å². The first-order valence-electron chi connectivity index (χ1n) is 9.94. The minimum Gasteiger partial charge on any atom is -0.265 e. The van der Waals surface area contributed by atoms with Gasteiger partial charge in [0.2, 0.25) is 0 Å². The third kappa shape index (κ3) is 4.77. The molecule has 2 aromatic carbocycles. The first-order chi connectivity index (χ1) is 14.5. The molecule has 2 unspecified atom stereocenters. The van der Waals surface area contributed by atoms with E-state index in [0.29, 0.717) is 0 Å². The van der Waals surface area contributed by atoms with Crippen LogP contribution in [-0.4, -0.2) is 34.0 Å². The van der Waals surface area contributed by atoms with E-state index in [2.05, 4.69) is 31.9 Å². The minimum absolute atomic E-state index is 0.204. The molecule has 2 fully saturated rings. The highest BCUT2D eigenvalue weighted by Gasteiger charge is 2.48. The number of hydrogen-bond donors (Lipinski definition) is 0. The lowest BCUT2D eigenvalue weighted by molar-refractivity contribution is -0.270. The molecule has 1 saturated heterocycles. The van der Waals surface area contributed by atoms with Gasteiger partial charge in [0.1, 0.15) is 13.2 Å². The molecule has 1 heterocycles. The number of fused-ring (bicyclic) bond motifs is 1. The van der Waals surface area contributed by atoms with E-state index in [-0.39, 0.29) is 25.3 Å². The predicted molar refractivity (Wildman–Crippen MR) is 118 cm³/mol. The Balaban J connectivity index is 1.46. The van der Waals surface area contributed by atoms with Crippen LogP contribution >= 0.6 is 31.9 Å².